The summed E-state index contributed by atoms with van der Waals surface area (Å²) < 4.78 is 27.2. The van der Waals surface area contributed by atoms with Crippen LogP contribution in [0.4, 0.5) is 5.69 Å². The van der Waals surface area contributed by atoms with Gasteiger partial charge in [-0.25, -0.2) is 13.1 Å². The van der Waals surface area contributed by atoms with E-state index in [-0.39, 0.29) is 29.3 Å². The van der Waals surface area contributed by atoms with E-state index in [1.807, 2.05) is 19.1 Å². The first kappa shape index (κ1) is 18.8. The number of fused-ring (bicyclic) bond motifs is 1. The number of carbonyl (C=O) groups is 1. The van der Waals surface area contributed by atoms with E-state index in [0.29, 0.717) is 16.6 Å². The zero-order valence-corrected chi connectivity index (χ0v) is 15.5. The van der Waals surface area contributed by atoms with Crippen LogP contribution in [0.2, 0.25) is 0 Å². The van der Waals surface area contributed by atoms with Crippen molar-refractivity contribution in [2.45, 2.75) is 18.2 Å². The summed E-state index contributed by atoms with van der Waals surface area (Å²) >= 11 is 0. The Morgan fingerprint density at radius 3 is 2.52 bits per heavy atom. The molecule has 1 amide bonds. The zero-order valence-electron chi connectivity index (χ0n) is 14.7. The molecule has 3 rings (SSSR count). The van der Waals surface area contributed by atoms with Gasteiger partial charge in [0.25, 0.3) is 0 Å². The molecule has 0 aliphatic heterocycles. The predicted octanol–water partition coefficient (Wildman–Crippen LogP) is 2.14. The molecule has 3 aromatic rings. The lowest BCUT2D eigenvalue weighted by molar-refractivity contribution is -0.116. The van der Waals surface area contributed by atoms with Gasteiger partial charge in [0, 0.05) is 30.2 Å². The number of aromatic amines is 1. The van der Waals surface area contributed by atoms with Crippen LogP contribution in [0, 0.1) is 6.92 Å². The van der Waals surface area contributed by atoms with Crippen LogP contribution in [-0.2, 0) is 14.8 Å². The summed E-state index contributed by atoms with van der Waals surface area (Å²) in [5.74, 6) is -0.280. The van der Waals surface area contributed by atoms with Crippen molar-refractivity contribution in [3.63, 3.8) is 0 Å². The molecular weight excluding hydrogens is 366 g/mol. The number of sulfonamides is 1. The normalized spacial score (nSPS) is 11.4. The van der Waals surface area contributed by atoms with Gasteiger partial charge in [-0.15, -0.1) is 0 Å². The number of H-pyrrole nitrogens is 1. The molecular formula is C19H19N3O4S. The fraction of sp³-hybridized carbons (Fsp3) is 0.158. The summed E-state index contributed by atoms with van der Waals surface area (Å²) in [5, 5.41) is 3.32. The van der Waals surface area contributed by atoms with Gasteiger partial charge in [0.15, 0.2) is 0 Å². The largest absolute Gasteiger partial charge is 0.326 e. The Hall–Kier alpha value is -2.97. The first-order valence-corrected chi connectivity index (χ1v) is 9.81. The summed E-state index contributed by atoms with van der Waals surface area (Å²) in [6, 6.07) is 14.6. The Labute approximate surface area is 156 Å². The van der Waals surface area contributed by atoms with Gasteiger partial charge in [-0.2, -0.15) is 0 Å². The minimum absolute atomic E-state index is 0.00794. The first-order chi connectivity index (χ1) is 12.8. The van der Waals surface area contributed by atoms with Gasteiger partial charge in [0.2, 0.25) is 21.5 Å². The second-order valence-electron chi connectivity index (χ2n) is 6.13. The van der Waals surface area contributed by atoms with Crippen LogP contribution in [0.25, 0.3) is 10.9 Å². The van der Waals surface area contributed by atoms with E-state index in [4.69, 9.17) is 0 Å². The minimum atomic E-state index is -3.76. The first-order valence-electron chi connectivity index (χ1n) is 8.33. The lowest BCUT2D eigenvalue weighted by Crippen LogP contribution is -2.27. The summed E-state index contributed by atoms with van der Waals surface area (Å²) in [7, 11) is -3.76. The number of aryl methyl sites for hydroxylation is 1. The molecule has 0 saturated heterocycles. The minimum Gasteiger partial charge on any atom is -0.326 e. The number of rotatable bonds is 6. The summed E-state index contributed by atoms with van der Waals surface area (Å²) in [5.41, 5.74) is 2.05. The molecule has 0 aliphatic carbocycles. The van der Waals surface area contributed by atoms with Gasteiger partial charge >= 0.3 is 0 Å². The Bertz CT molecular complexity index is 1140. The highest BCUT2D eigenvalue weighted by Crippen LogP contribution is 2.16. The molecule has 0 radical (unpaired) electrons. The van der Waals surface area contributed by atoms with Crippen LogP contribution < -0.4 is 15.6 Å². The number of nitrogens with one attached hydrogen (secondary N) is 3. The highest BCUT2D eigenvalue weighted by Gasteiger charge is 2.15. The number of anilines is 1. The van der Waals surface area contributed by atoms with Gasteiger partial charge < -0.3 is 10.3 Å². The number of pyridine rings is 1. The third kappa shape index (κ3) is 4.81. The molecule has 140 valence electrons. The Balaban J connectivity index is 1.61. The molecule has 0 bridgehead atoms. The van der Waals surface area contributed by atoms with Gasteiger partial charge in [0.1, 0.15) is 0 Å². The van der Waals surface area contributed by atoms with E-state index in [2.05, 4.69) is 15.0 Å². The maximum Gasteiger partial charge on any atom is 0.248 e. The lowest BCUT2D eigenvalue weighted by Gasteiger charge is -2.09. The van der Waals surface area contributed by atoms with Crippen molar-refractivity contribution in [1.29, 1.82) is 0 Å². The molecule has 3 N–H and O–H groups in total. The van der Waals surface area contributed by atoms with Crippen molar-refractivity contribution in [1.82, 2.24) is 9.71 Å². The van der Waals surface area contributed by atoms with Crippen LogP contribution in [0.15, 0.2) is 64.3 Å². The lowest BCUT2D eigenvalue weighted by atomic mass is 10.2. The van der Waals surface area contributed by atoms with Crippen LogP contribution in [0.3, 0.4) is 0 Å². The Kier molecular flexibility index (Phi) is 5.38. The average Bonchev–Trinajstić information content (AvgIpc) is 2.63. The number of benzene rings is 2. The van der Waals surface area contributed by atoms with E-state index in [0.717, 1.165) is 5.56 Å². The van der Waals surface area contributed by atoms with Gasteiger partial charge in [-0.1, -0.05) is 17.7 Å². The highest BCUT2D eigenvalue weighted by molar-refractivity contribution is 7.89. The second-order valence-corrected chi connectivity index (χ2v) is 7.90. The van der Waals surface area contributed by atoms with Gasteiger partial charge in [-0.05, 0) is 48.7 Å². The predicted molar refractivity (Wildman–Crippen MR) is 104 cm³/mol. The van der Waals surface area contributed by atoms with E-state index in [9.17, 15) is 18.0 Å². The average molecular weight is 385 g/mol. The van der Waals surface area contributed by atoms with E-state index in [1.165, 1.54) is 24.3 Å². The van der Waals surface area contributed by atoms with E-state index < -0.39 is 10.0 Å². The molecule has 0 unspecified atom stereocenters. The number of hydrogen-bond donors (Lipinski definition) is 3. The van der Waals surface area contributed by atoms with E-state index in [1.54, 1.807) is 18.2 Å². The molecule has 0 atom stereocenters. The molecule has 0 aliphatic rings. The number of aromatic nitrogens is 1. The van der Waals surface area contributed by atoms with E-state index >= 15 is 0 Å². The number of carbonyl (C=O) groups excluding carboxylic acids is 1. The van der Waals surface area contributed by atoms with Crippen molar-refractivity contribution in [3.05, 3.63) is 70.5 Å². The molecule has 0 saturated carbocycles. The monoisotopic (exact) mass is 385 g/mol. The van der Waals surface area contributed by atoms with Crippen molar-refractivity contribution in [2.24, 2.45) is 0 Å². The van der Waals surface area contributed by atoms with Crippen LogP contribution >= 0.6 is 0 Å². The quantitative estimate of drug-likeness (QED) is 0.604. The van der Waals surface area contributed by atoms with Crippen LogP contribution in [-0.4, -0.2) is 25.9 Å². The standard InChI is InChI=1S/C19H19N3O4S/c1-13-2-5-15(6-3-13)21-19(24)10-11-20-27(25,26)16-7-8-17-14(12-16)4-9-18(23)22-17/h2-9,12,20H,10-11H2,1H3,(H,21,24)(H,22,23). The Morgan fingerprint density at radius 2 is 1.78 bits per heavy atom. The van der Waals surface area contributed by atoms with Crippen LogP contribution in [0.5, 0.6) is 0 Å². The number of hydrogen-bond acceptors (Lipinski definition) is 4. The fourth-order valence-electron chi connectivity index (χ4n) is 2.54. The number of amides is 1. The Morgan fingerprint density at radius 1 is 1.04 bits per heavy atom. The molecule has 27 heavy (non-hydrogen) atoms. The topological polar surface area (TPSA) is 108 Å². The van der Waals surface area contributed by atoms with Crippen LogP contribution in [0.1, 0.15) is 12.0 Å². The third-order valence-corrected chi connectivity index (χ3v) is 5.44. The molecule has 1 heterocycles. The second kappa shape index (κ2) is 7.73. The molecule has 0 fully saturated rings. The van der Waals surface area contributed by atoms with Crippen molar-refractivity contribution in [3.8, 4) is 0 Å². The molecule has 7 nitrogen and oxygen atoms in total. The molecule has 2 aromatic carbocycles. The smallest absolute Gasteiger partial charge is 0.248 e. The van der Waals surface area contributed by atoms with Gasteiger partial charge in [-0.3, -0.25) is 9.59 Å². The molecule has 1 aromatic heterocycles. The van der Waals surface area contributed by atoms with Crippen molar-refractivity contribution in [2.75, 3.05) is 11.9 Å². The molecule has 0 spiro atoms. The maximum absolute atomic E-state index is 12.4. The third-order valence-electron chi connectivity index (χ3n) is 3.98. The fourth-order valence-corrected chi connectivity index (χ4v) is 3.61. The highest BCUT2D eigenvalue weighted by atomic mass is 32.2. The van der Waals surface area contributed by atoms with Crippen molar-refractivity contribution >= 4 is 32.5 Å². The summed E-state index contributed by atoms with van der Waals surface area (Å²) in [4.78, 5) is 25.9. The summed E-state index contributed by atoms with van der Waals surface area (Å²) in [6.07, 6.45) is 0.00794. The zero-order chi connectivity index (χ0) is 19.4. The maximum atomic E-state index is 12.4. The SMILES string of the molecule is Cc1ccc(NC(=O)CCNS(=O)(=O)c2ccc3[nH]c(=O)ccc3c2)cc1. The van der Waals surface area contributed by atoms with Gasteiger partial charge in [0.05, 0.1) is 4.90 Å². The van der Waals surface area contributed by atoms with Crippen molar-refractivity contribution < 1.29 is 13.2 Å². The summed E-state index contributed by atoms with van der Waals surface area (Å²) in [6.45, 7) is 1.93. The molecule has 8 heteroatoms.